The molecule has 15 nitrogen and oxygen atoms in total. The molecule has 5 rings (SSSR count). The lowest BCUT2D eigenvalue weighted by Gasteiger charge is -2.28. The fourth-order valence-electron chi connectivity index (χ4n) is 6.74. The molecule has 1 aromatic heterocycles. The van der Waals surface area contributed by atoms with Crippen LogP contribution in [0.25, 0.3) is 10.8 Å². The van der Waals surface area contributed by atoms with Crippen LogP contribution in [0.15, 0.2) is 48.7 Å². The second-order valence-corrected chi connectivity index (χ2v) is 13.7. The predicted octanol–water partition coefficient (Wildman–Crippen LogP) is 0.493. The van der Waals surface area contributed by atoms with E-state index in [-0.39, 0.29) is 44.2 Å². The predicted molar refractivity (Wildman–Crippen MR) is 187 cm³/mol. The number of aromatic nitrogens is 3. The van der Waals surface area contributed by atoms with E-state index in [9.17, 15) is 28.8 Å². The average Bonchev–Trinajstić information content (AvgIpc) is 3.78. The van der Waals surface area contributed by atoms with E-state index in [0.29, 0.717) is 38.6 Å². The Kier molecular flexibility index (Phi) is 12.3. The van der Waals surface area contributed by atoms with E-state index in [1.807, 2.05) is 56.3 Å². The number of benzene rings is 2. The maximum atomic E-state index is 14.3. The van der Waals surface area contributed by atoms with Gasteiger partial charge in [-0.15, -0.1) is 5.10 Å². The van der Waals surface area contributed by atoms with Gasteiger partial charge in [-0.1, -0.05) is 61.5 Å². The van der Waals surface area contributed by atoms with Gasteiger partial charge in [-0.2, -0.15) is 0 Å². The van der Waals surface area contributed by atoms with Crippen LogP contribution >= 0.6 is 0 Å². The van der Waals surface area contributed by atoms with Gasteiger partial charge in [0.2, 0.25) is 35.4 Å². The maximum Gasteiger partial charge on any atom is 0.243 e. The summed E-state index contributed by atoms with van der Waals surface area (Å²) in [6, 6.07) is 9.32. The number of fused-ring (bicyclic) bond motifs is 3. The Bertz CT molecular complexity index is 1750. The number of nitrogens with zero attached hydrogens (tertiary/aromatic N) is 4. The van der Waals surface area contributed by atoms with Crippen LogP contribution in [0.4, 0.5) is 0 Å². The Morgan fingerprint density at radius 1 is 0.961 bits per heavy atom. The number of rotatable bonds is 7. The van der Waals surface area contributed by atoms with Crippen LogP contribution in [0.5, 0.6) is 0 Å². The zero-order chi connectivity index (χ0) is 36.5. The molecule has 1 saturated heterocycles. The Morgan fingerprint density at radius 3 is 2.53 bits per heavy atom. The van der Waals surface area contributed by atoms with Crippen molar-refractivity contribution in [1.82, 2.24) is 41.2 Å². The van der Waals surface area contributed by atoms with Gasteiger partial charge >= 0.3 is 0 Å². The van der Waals surface area contributed by atoms with E-state index < -0.39 is 53.7 Å². The first kappa shape index (κ1) is 36.9. The third kappa shape index (κ3) is 9.67. The molecule has 0 radical (unpaired) electrons. The summed E-state index contributed by atoms with van der Waals surface area (Å²) in [4.78, 5) is 81.5. The van der Waals surface area contributed by atoms with E-state index in [2.05, 4.69) is 31.6 Å². The van der Waals surface area contributed by atoms with Gasteiger partial charge in [0.05, 0.1) is 18.4 Å². The van der Waals surface area contributed by atoms with Crippen LogP contribution in [-0.2, 0) is 48.2 Å². The summed E-state index contributed by atoms with van der Waals surface area (Å²) in [6.07, 6.45) is 4.08. The molecule has 4 atom stereocenters. The molecule has 3 aromatic rings. The van der Waals surface area contributed by atoms with Crippen LogP contribution in [0, 0.1) is 5.92 Å². The number of carbonyl (C=O) groups is 6. The van der Waals surface area contributed by atoms with Crippen LogP contribution in [0.3, 0.4) is 0 Å². The van der Waals surface area contributed by atoms with Crippen molar-refractivity contribution in [3.63, 3.8) is 0 Å². The number of nitrogens with one attached hydrogen (secondary N) is 4. The number of nitrogens with two attached hydrogens (primary N) is 1. The van der Waals surface area contributed by atoms with Gasteiger partial charge in [-0.25, -0.2) is 4.68 Å². The first-order chi connectivity index (χ1) is 24.5. The average molecular weight is 702 g/mol. The molecule has 1 fully saturated rings. The molecule has 51 heavy (non-hydrogen) atoms. The Balaban J connectivity index is 1.49. The largest absolute Gasteiger partial charge is 0.368 e. The van der Waals surface area contributed by atoms with Gasteiger partial charge in [-0.3, -0.25) is 28.8 Å². The fourth-order valence-corrected chi connectivity index (χ4v) is 6.74. The fraction of sp³-hybridized carbons (Fsp3) is 0.500. The van der Waals surface area contributed by atoms with Crippen molar-refractivity contribution in [2.75, 3.05) is 13.1 Å². The molecule has 0 saturated carbocycles. The van der Waals surface area contributed by atoms with Crippen LogP contribution in [-0.4, -0.2) is 92.6 Å². The summed E-state index contributed by atoms with van der Waals surface area (Å²) < 4.78 is 1.60. The topological polar surface area (TPSA) is 211 Å². The van der Waals surface area contributed by atoms with Crippen molar-refractivity contribution >= 4 is 46.2 Å². The summed E-state index contributed by atoms with van der Waals surface area (Å²) in [7, 11) is 0. The number of carbonyl (C=O) groups excluding carboxylic acids is 6. The molecular formula is C36H47N9O6. The van der Waals surface area contributed by atoms with E-state index >= 15 is 0 Å². The minimum absolute atomic E-state index is 0.0500. The maximum absolute atomic E-state index is 14.3. The summed E-state index contributed by atoms with van der Waals surface area (Å²) in [5.41, 5.74) is 7.16. The lowest BCUT2D eigenvalue weighted by atomic mass is 9.97. The minimum Gasteiger partial charge on any atom is -0.368 e. The van der Waals surface area contributed by atoms with Crippen molar-refractivity contribution in [2.24, 2.45) is 11.7 Å². The van der Waals surface area contributed by atoms with Crippen molar-refractivity contribution in [1.29, 1.82) is 0 Å². The number of amides is 6. The second-order valence-electron chi connectivity index (χ2n) is 13.7. The van der Waals surface area contributed by atoms with Crippen LogP contribution in [0.1, 0.15) is 63.6 Å². The van der Waals surface area contributed by atoms with Crippen molar-refractivity contribution in [2.45, 2.75) is 95.9 Å². The molecule has 2 aliphatic rings. The molecular weight excluding hydrogens is 654 g/mol. The Hall–Kier alpha value is -5.34. The highest BCUT2D eigenvalue weighted by molar-refractivity contribution is 5.96. The summed E-state index contributed by atoms with van der Waals surface area (Å²) >= 11 is 0. The zero-order valence-electron chi connectivity index (χ0n) is 29.1. The van der Waals surface area contributed by atoms with E-state index in [1.54, 1.807) is 10.9 Å². The van der Waals surface area contributed by atoms with Gasteiger partial charge in [0.25, 0.3) is 0 Å². The van der Waals surface area contributed by atoms with E-state index in [0.717, 1.165) is 22.0 Å². The quantitative estimate of drug-likeness (QED) is 0.234. The first-order valence-corrected chi connectivity index (χ1v) is 17.6. The number of aryl methyl sites for hydroxylation is 2. The van der Waals surface area contributed by atoms with E-state index in [4.69, 9.17) is 5.73 Å². The lowest BCUT2D eigenvalue weighted by molar-refractivity contribution is -0.140. The molecule has 15 heteroatoms. The molecule has 6 N–H and O–H groups in total. The molecule has 2 aliphatic heterocycles. The van der Waals surface area contributed by atoms with Gasteiger partial charge < -0.3 is 31.9 Å². The molecule has 0 spiro atoms. The number of primary amides is 1. The van der Waals surface area contributed by atoms with Gasteiger partial charge in [0, 0.05) is 25.9 Å². The molecule has 2 aromatic carbocycles. The molecule has 0 aliphatic carbocycles. The van der Waals surface area contributed by atoms with Gasteiger partial charge in [-0.05, 0) is 60.8 Å². The molecule has 3 heterocycles. The van der Waals surface area contributed by atoms with Crippen LogP contribution < -0.4 is 27.0 Å². The molecule has 0 bridgehead atoms. The normalized spacial score (nSPS) is 21.7. The highest BCUT2D eigenvalue weighted by atomic mass is 16.2. The van der Waals surface area contributed by atoms with Gasteiger partial charge in [0.1, 0.15) is 24.2 Å². The lowest BCUT2D eigenvalue weighted by Crippen LogP contribution is -2.58. The Labute approximate surface area is 296 Å². The monoisotopic (exact) mass is 701 g/mol. The molecule has 272 valence electrons. The third-order valence-corrected chi connectivity index (χ3v) is 9.41. The zero-order valence-corrected chi connectivity index (χ0v) is 29.1. The molecule has 0 unspecified atom stereocenters. The van der Waals surface area contributed by atoms with Crippen LogP contribution in [0.2, 0.25) is 0 Å². The SMILES string of the molecule is CC(C)C[C@H](NC(=O)[C@H]1CCn2nncc2CCCC(=O)NCC(=O)N2CCC[C@H]2C(=O)N[C@@H](Cc2cccc3ccccc23)C(=O)N1)C(N)=O. The minimum atomic E-state index is -1.15. The Morgan fingerprint density at radius 2 is 1.75 bits per heavy atom. The smallest absolute Gasteiger partial charge is 0.243 e. The van der Waals surface area contributed by atoms with Gasteiger partial charge in [0.15, 0.2) is 0 Å². The highest BCUT2D eigenvalue weighted by Gasteiger charge is 2.37. The van der Waals surface area contributed by atoms with Crippen molar-refractivity contribution in [3.05, 3.63) is 59.9 Å². The molecule has 6 amide bonds. The standard InChI is InChI=1S/C36H47N9O6/c1-22(2)18-28(33(37)48)41-34(49)27-15-17-45-25(20-39-43-45)11-6-14-31(46)38-21-32(47)44-16-7-13-30(44)36(51)42-29(35(50)40-27)19-24-10-5-9-23-8-3-4-12-26(23)24/h3-5,8-10,12,20,22,27-30H,6-7,11,13-19,21H2,1-2H3,(H2,37,48)(H,38,46)(H,40,50)(H,41,49)(H,42,51)/t27-,28+,29+,30+/m1/s1. The third-order valence-electron chi connectivity index (χ3n) is 9.41. The summed E-state index contributed by atoms with van der Waals surface area (Å²) in [6.45, 7) is 4.07. The summed E-state index contributed by atoms with van der Waals surface area (Å²) in [5, 5.41) is 21.1. The first-order valence-electron chi connectivity index (χ1n) is 17.6. The summed E-state index contributed by atoms with van der Waals surface area (Å²) in [5.74, 6) is -3.07. The highest BCUT2D eigenvalue weighted by Crippen LogP contribution is 2.22. The number of hydrogen-bond donors (Lipinski definition) is 5. The van der Waals surface area contributed by atoms with Crippen molar-refractivity contribution in [3.8, 4) is 0 Å². The van der Waals surface area contributed by atoms with Crippen molar-refractivity contribution < 1.29 is 28.8 Å². The second kappa shape index (κ2) is 17.1. The van der Waals surface area contributed by atoms with E-state index in [1.165, 1.54) is 4.90 Å². The number of hydrogen-bond acceptors (Lipinski definition) is 8.